The number of hydrogen-bond donors (Lipinski definition) is 0. The Bertz CT molecular complexity index is 1610. The van der Waals surface area contributed by atoms with Gasteiger partial charge in [0.25, 0.3) is 0 Å². The molecule has 3 aromatic rings. The van der Waals surface area contributed by atoms with Gasteiger partial charge in [0, 0.05) is 44.3 Å². The van der Waals surface area contributed by atoms with Gasteiger partial charge in [-0.2, -0.15) is 0 Å². The molecule has 3 aromatic carbocycles. The fourth-order valence-corrected chi connectivity index (χ4v) is 9.86. The summed E-state index contributed by atoms with van der Waals surface area (Å²) < 4.78 is 19.5. The number of carbonyl (C=O) groups is 1. The molecule has 6 atom stereocenters. The van der Waals surface area contributed by atoms with Gasteiger partial charge in [-0.05, 0) is 61.4 Å². The Morgan fingerprint density at radius 3 is 2.41 bits per heavy atom. The molecule has 9 rings (SSSR count). The molecule has 0 radical (unpaired) electrons. The lowest BCUT2D eigenvalue weighted by atomic mass is 9.37. The Hall–Kier alpha value is -3.61. The van der Waals surface area contributed by atoms with Crippen molar-refractivity contribution in [3.05, 3.63) is 107 Å². The van der Waals surface area contributed by atoms with Gasteiger partial charge in [0.2, 0.25) is 5.91 Å². The lowest BCUT2D eigenvalue weighted by Crippen LogP contribution is -2.80. The average Bonchev–Trinajstić information content (AvgIpc) is 3.44. The van der Waals surface area contributed by atoms with Gasteiger partial charge in [-0.15, -0.1) is 0 Å². The second-order valence-electron chi connectivity index (χ2n) is 13.5. The molecule has 0 N–H and O–H groups in total. The molecule has 0 aromatic heterocycles. The molecule has 2 heterocycles. The fraction of sp³-hybridized carbons (Fsp3) is 0.447. The first-order valence-corrected chi connectivity index (χ1v) is 16.2. The molecule has 1 saturated carbocycles. The highest BCUT2D eigenvalue weighted by Gasteiger charge is 2.80. The standard InChI is InChI=1S/C38H42N2O4/c1-39(21-16-26-10-6-4-7-11-26)34(41)29-25-36-18-19-38(29,43-3)35-37(36)20-23-40(22-17-27-12-8-5-9-13-27)31(36)24-28-14-15-30(42-2)33(44-35)32(28)37/h4-15,18-19,29,31,35H,16-17,20-25H2,1-3H3/t29-,31-,35?,36-,37+,38-/m1/s1. The third-order valence-electron chi connectivity index (χ3n) is 11.9. The van der Waals surface area contributed by atoms with Crippen LogP contribution in [0.3, 0.4) is 0 Å². The minimum atomic E-state index is -0.852. The number of likely N-dealkylation sites (N-methyl/N-ethyl adjacent to an activating group) is 1. The van der Waals surface area contributed by atoms with Crippen molar-refractivity contribution < 1.29 is 19.0 Å². The highest BCUT2D eigenvalue weighted by Crippen LogP contribution is 2.74. The second-order valence-corrected chi connectivity index (χ2v) is 13.5. The summed E-state index contributed by atoms with van der Waals surface area (Å²) >= 11 is 0. The molecule has 6 heteroatoms. The molecule has 44 heavy (non-hydrogen) atoms. The predicted octanol–water partition coefficient (Wildman–Crippen LogP) is 5.23. The Morgan fingerprint density at radius 2 is 1.70 bits per heavy atom. The second kappa shape index (κ2) is 10.2. The summed E-state index contributed by atoms with van der Waals surface area (Å²) in [7, 11) is 5.44. The van der Waals surface area contributed by atoms with E-state index in [1.54, 1.807) is 14.2 Å². The molecule has 1 amide bonds. The number of fused-ring (bicyclic) bond motifs is 1. The molecule has 1 unspecified atom stereocenters. The third-order valence-corrected chi connectivity index (χ3v) is 11.9. The molecule has 6 aliphatic rings. The first-order chi connectivity index (χ1) is 21.5. The highest BCUT2D eigenvalue weighted by molar-refractivity contribution is 5.83. The number of piperidine rings is 1. The highest BCUT2D eigenvalue weighted by atomic mass is 16.6. The van der Waals surface area contributed by atoms with Crippen LogP contribution in [0, 0.1) is 11.3 Å². The quantitative estimate of drug-likeness (QED) is 0.320. The van der Waals surface area contributed by atoms with Crippen LogP contribution in [0.2, 0.25) is 0 Å². The SMILES string of the molecule is COc1ccc2c3c1OC1[C@@]4(OC)C=C[C@@]5(C[C@@H]4C(=O)N(C)CCc4ccccc4)[C@@H](C2)N(CCc2ccccc2)CC[C@]315. The van der Waals surface area contributed by atoms with Gasteiger partial charge in [0.05, 0.1) is 18.4 Å². The topological polar surface area (TPSA) is 51.2 Å². The number of methoxy groups -OCH3 is 2. The zero-order valence-electron chi connectivity index (χ0n) is 26.0. The van der Waals surface area contributed by atoms with Gasteiger partial charge in [-0.25, -0.2) is 0 Å². The van der Waals surface area contributed by atoms with E-state index in [9.17, 15) is 4.79 Å². The summed E-state index contributed by atoms with van der Waals surface area (Å²) in [5.74, 6) is 1.45. The summed E-state index contributed by atoms with van der Waals surface area (Å²) in [6, 6.07) is 25.8. The van der Waals surface area contributed by atoms with Crippen molar-refractivity contribution in [2.24, 2.45) is 11.3 Å². The Balaban J connectivity index is 1.20. The van der Waals surface area contributed by atoms with E-state index in [0.29, 0.717) is 6.54 Å². The van der Waals surface area contributed by atoms with Gasteiger partial charge >= 0.3 is 0 Å². The first-order valence-electron chi connectivity index (χ1n) is 16.2. The van der Waals surface area contributed by atoms with E-state index in [4.69, 9.17) is 14.2 Å². The van der Waals surface area contributed by atoms with Crippen molar-refractivity contribution in [2.45, 2.75) is 55.3 Å². The van der Waals surface area contributed by atoms with Gasteiger partial charge < -0.3 is 19.1 Å². The van der Waals surface area contributed by atoms with Crippen LogP contribution in [-0.2, 0) is 34.2 Å². The normalized spacial score (nSPS) is 32.2. The van der Waals surface area contributed by atoms with Crippen molar-refractivity contribution in [3.63, 3.8) is 0 Å². The number of amides is 1. The van der Waals surface area contributed by atoms with E-state index in [0.717, 1.165) is 56.7 Å². The van der Waals surface area contributed by atoms with Crippen LogP contribution in [-0.4, -0.2) is 74.4 Å². The van der Waals surface area contributed by atoms with Crippen LogP contribution in [0.25, 0.3) is 0 Å². The Kier molecular flexibility index (Phi) is 6.48. The maximum atomic E-state index is 14.6. The molecule has 228 valence electrons. The van der Waals surface area contributed by atoms with Crippen LogP contribution in [0.5, 0.6) is 11.5 Å². The summed E-state index contributed by atoms with van der Waals surface area (Å²) in [5.41, 5.74) is 3.93. The number of carbonyl (C=O) groups excluding carboxylic acids is 1. The summed E-state index contributed by atoms with van der Waals surface area (Å²) in [4.78, 5) is 19.2. The predicted molar refractivity (Wildman–Crippen MR) is 170 cm³/mol. The van der Waals surface area contributed by atoms with Gasteiger partial charge in [-0.1, -0.05) is 78.9 Å². The largest absolute Gasteiger partial charge is 0.493 e. The van der Waals surface area contributed by atoms with Crippen LogP contribution >= 0.6 is 0 Å². The smallest absolute Gasteiger partial charge is 0.228 e. The van der Waals surface area contributed by atoms with E-state index in [1.165, 1.54) is 22.3 Å². The first kappa shape index (κ1) is 27.9. The molecule has 6 nitrogen and oxygen atoms in total. The van der Waals surface area contributed by atoms with Crippen LogP contribution < -0.4 is 9.47 Å². The number of benzene rings is 3. The van der Waals surface area contributed by atoms with E-state index in [1.807, 2.05) is 18.0 Å². The maximum Gasteiger partial charge on any atom is 0.228 e. The van der Waals surface area contributed by atoms with Crippen molar-refractivity contribution in [1.82, 2.24) is 9.80 Å². The lowest BCUT2D eigenvalue weighted by molar-refractivity contribution is -0.218. The van der Waals surface area contributed by atoms with Crippen molar-refractivity contribution in [1.29, 1.82) is 0 Å². The summed E-state index contributed by atoms with van der Waals surface area (Å²) in [6.07, 6.45) is 8.89. The van der Waals surface area contributed by atoms with Crippen LogP contribution in [0.4, 0.5) is 0 Å². The van der Waals surface area contributed by atoms with Crippen LogP contribution in [0.1, 0.15) is 35.1 Å². The summed E-state index contributed by atoms with van der Waals surface area (Å²) in [6.45, 7) is 2.66. The molecular formula is C38H42N2O4. The van der Waals surface area contributed by atoms with E-state index in [2.05, 4.69) is 83.8 Å². The minimum Gasteiger partial charge on any atom is -0.493 e. The lowest BCUT2D eigenvalue weighted by Gasteiger charge is -2.71. The fourth-order valence-electron chi connectivity index (χ4n) is 9.86. The van der Waals surface area contributed by atoms with Crippen molar-refractivity contribution in [2.75, 3.05) is 40.9 Å². The third kappa shape index (κ3) is 3.64. The molecular weight excluding hydrogens is 548 g/mol. The number of ether oxygens (including phenoxy) is 3. The van der Waals surface area contributed by atoms with Gasteiger partial charge in [0.15, 0.2) is 11.5 Å². The number of nitrogens with zero attached hydrogens (tertiary/aromatic N) is 2. The van der Waals surface area contributed by atoms with Crippen molar-refractivity contribution >= 4 is 5.91 Å². The molecule has 1 saturated heterocycles. The van der Waals surface area contributed by atoms with E-state index >= 15 is 0 Å². The zero-order valence-corrected chi connectivity index (χ0v) is 26.0. The molecule has 2 spiro atoms. The van der Waals surface area contributed by atoms with E-state index < -0.39 is 5.60 Å². The monoisotopic (exact) mass is 590 g/mol. The van der Waals surface area contributed by atoms with Gasteiger partial charge in [0.1, 0.15) is 11.7 Å². The Labute approximate surface area is 260 Å². The molecule has 4 bridgehead atoms. The molecule has 2 aliphatic heterocycles. The number of hydrogen-bond acceptors (Lipinski definition) is 5. The minimum absolute atomic E-state index is 0.146. The summed E-state index contributed by atoms with van der Waals surface area (Å²) in [5, 5.41) is 0. The maximum absolute atomic E-state index is 14.6. The van der Waals surface area contributed by atoms with Crippen molar-refractivity contribution in [3.8, 4) is 11.5 Å². The van der Waals surface area contributed by atoms with Crippen LogP contribution in [0.15, 0.2) is 84.9 Å². The Morgan fingerprint density at radius 1 is 0.977 bits per heavy atom. The van der Waals surface area contributed by atoms with E-state index in [-0.39, 0.29) is 34.8 Å². The average molecular weight is 591 g/mol. The number of likely N-dealkylation sites (tertiary alicyclic amines) is 1. The van der Waals surface area contributed by atoms with Gasteiger partial charge in [-0.3, -0.25) is 9.69 Å². The number of rotatable bonds is 9. The zero-order chi connectivity index (χ0) is 30.1. The molecule has 2 fully saturated rings. The molecule has 4 aliphatic carbocycles.